The predicted octanol–water partition coefficient (Wildman–Crippen LogP) is 5.49. The summed E-state index contributed by atoms with van der Waals surface area (Å²) in [5.41, 5.74) is 2.39. The van der Waals surface area contributed by atoms with Crippen LogP contribution >= 0.6 is 0 Å². The number of likely N-dealkylation sites (tertiary alicyclic amines) is 1. The summed E-state index contributed by atoms with van der Waals surface area (Å²) in [5.74, 6) is 1.53. The number of allylic oxidation sites excluding steroid dienone is 5. The standard InChI is InChI=1S/C18H27FN2O.C10H14O3/c1-5-7-17(16(3)19)12-15(2)13-21(14-22)11-9-18-8-6-10-20(18)4;1-7-5-8(11-2)10(13-4)9(6-7)12-3/h5,7,12,14,18H,1,3,6,8-11,13H2,2,4H3;5-6H,1-4H3/b15-12+,17-7-;. The third-order valence-electron chi connectivity index (χ3n) is 5.84. The number of rotatable bonds is 12. The first kappa shape index (κ1) is 30.0. The highest BCUT2D eigenvalue weighted by atomic mass is 19.1. The largest absolute Gasteiger partial charge is 0.493 e. The van der Waals surface area contributed by atoms with Gasteiger partial charge in [0, 0.05) is 24.7 Å². The highest BCUT2D eigenvalue weighted by Gasteiger charge is 2.21. The van der Waals surface area contributed by atoms with E-state index in [1.807, 2.05) is 26.0 Å². The Bertz CT molecular complexity index is 885. The van der Waals surface area contributed by atoms with Crippen LogP contribution in [0.2, 0.25) is 0 Å². The van der Waals surface area contributed by atoms with E-state index in [4.69, 9.17) is 14.2 Å². The zero-order valence-electron chi connectivity index (χ0n) is 22.1. The molecule has 1 aromatic rings. The quantitative estimate of drug-likeness (QED) is 0.288. The molecule has 6 nitrogen and oxygen atoms in total. The molecule has 1 amide bonds. The fourth-order valence-electron chi connectivity index (χ4n) is 4.02. The Hall–Kier alpha value is -3.06. The van der Waals surface area contributed by atoms with Gasteiger partial charge in [-0.05, 0) is 64.4 Å². The van der Waals surface area contributed by atoms with E-state index >= 15 is 0 Å². The fourth-order valence-corrected chi connectivity index (χ4v) is 4.02. The van der Waals surface area contributed by atoms with E-state index in [-0.39, 0.29) is 0 Å². The van der Waals surface area contributed by atoms with E-state index < -0.39 is 5.83 Å². The second kappa shape index (κ2) is 15.8. The number of amides is 1. The van der Waals surface area contributed by atoms with E-state index in [0.29, 0.717) is 35.4 Å². The molecule has 0 saturated carbocycles. The molecule has 1 aromatic carbocycles. The Morgan fingerprint density at radius 2 is 1.86 bits per heavy atom. The van der Waals surface area contributed by atoms with E-state index in [9.17, 15) is 9.18 Å². The predicted molar refractivity (Wildman–Crippen MR) is 141 cm³/mol. The Balaban J connectivity index is 0.000000400. The Morgan fingerprint density at radius 1 is 1.23 bits per heavy atom. The minimum Gasteiger partial charge on any atom is -0.493 e. The molecule has 0 aliphatic carbocycles. The summed E-state index contributed by atoms with van der Waals surface area (Å²) in [7, 11) is 6.94. The zero-order chi connectivity index (χ0) is 26.4. The molecular formula is C28H41FN2O4. The molecule has 1 fully saturated rings. The Labute approximate surface area is 210 Å². The lowest BCUT2D eigenvalue weighted by Gasteiger charge is -2.23. The highest BCUT2D eigenvalue weighted by molar-refractivity contribution is 5.53. The molecule has 1 unspecified atom stereocenters. The highest BCUT2D eigenvalue weighted by Crippen LogP contribution is 2.37. The van der Waals surface area contributed by atoms with Crippen LogP contribution in [0.5, 0.6) is 17.2 Å². The first-order valence-corrected chi connectivity index (χ1v) is 11.7. The van der Waals surface area contributed by atoms with Crippen LogP contribution in [0.4, 0.5) is 4.39 Å². The first-order valence-electron chi connectivity index (χ1n) is 11.7. The number of hydrogen-bond donors (Lipinski definition) is 0. The van der Waals surface area contributed by atoms with E-state index in [1.165, 1.54) is 18.9 Å². The maximum atomic E-state index is 13.3. The van der Waals surface area contributed by atoms with Crippen molar-refractivity contribution in [3.8, 4) is 17.2 Å². The van der Waals surface area contributed by atoms with Gasteiger partial charge in [-0.3, -0.25) is 4.79 Å². The number of benzene rings is 1. The molecule has 35 heavy (non-hydrogen) atoms. The number of aryl methyl sites for hydroxylation is 1. The van der Waals surface area contributed by atoms with Crippen molar-refractivity contribution >= 4 is 6.41 Å². The summed E-state index contributed by atoms with van der Waals surface area (Å²) in [4.78, 5) is 15.3. The monoisotopic (exact) mass is 488 g/mol. The maximum absolute atomic E-state index is 13.3. The molecular weight excluding hydrogens is 447 g/mol. The van der Waals surface area contributed by atoms with Crippen LogP contribution in [0.25, 0.3) is 0 Å². The van der Waals surface area contributed by atoms with E-state index in [2.05, 4.69) is 25.1 Å². The second-order valence-corrected chi connectivity index (χ2v) is 8.60. The van der Waals surface area contributed by atoms with Gasteiger partial charge < -0.3 is 24.0 Å². The first-order chi connectivity index (χ1) is 16.7. The van der Waals surface area contributed by atoms with Crippen LogP contribution in [-0.2, 0) is 4.79 Å². The Morgan fingerprint density at radius 3 is 2.29 bits per heavy atom. The zero-order valence-corrected chi connectivity index (χ0v) is 22.1. The van der Waals surface area contributed by atoms with Gasteiger partial charge in [-0.1, -0.05) is 37.0 Å². The van der Waals surface area contributed by atoms with Gasteiger partial charge in [-0.2, -0.15) is 0 Å². The lowest BCUT2D eigenvalue weighted by atomic mass is 10.1. The smallest absolute Gasteiger partial charge is 0.209 e. The van der Waals surface area contributed by atoms with Gasteiger partial charge in [0.15, 0.2) is 11.5 Å². The van der Waals surface area contributed by atoms with Gasteiger partial charge in [0.25, 0.3) is 0 Å². The van der Waals surface area contributed by atoms with Crippen molar-refractivity contribution < 1.29 is 23.4 Å². The number of carbonyl (C=O) groups excluding carboxylic acids is 1. The van der Waals surface area contributed by atoms with Gasteiger partial charge in [0.1, 0.15) is 5.83 Å². The molecule has 0 bridgehead atoms. The second-order valence-electron chi connectivity index (χ2n) is 8.60. The Kier molecular flexibility index (Phi) is 13.5. The number of hydrogen-bond acceptors (Lipinski definition) is 5. The van der Waals surface area contributed by atoms with Crippen LogP contribution in [0.3, 0.4) is 0 Å². The topological polar surface area (TPSA) is 51.2 Å². The van der Waals surface area contributed by atoms with Crippen molar-refractivity contribution in [2.45, 2.75) is 39.2 Å². The summed E-state index contributed by atoms with van der Waals surface area (Å²) >= 11 is 0. The number of carbonyl (C=O) groups is 1. The molecule has 1 atom stereocenters. The third kappa shape index (κ3) is 9.99. The SMILES string of the molecule is C=C/C=C(/C=C(\C)CN(C=O)CCC1CCCN1C)C(=C)F.COc1cc(C)cc(OC)c1OC. The van der Waals surface area contributed by atoms with Crippen molar-refractivity contribution in [2.75, 3.05) is 48.0 Å². The van der Waals surface area contributed by atoms with Crippen LogP contribution in [0, 0.1) is 6.92 Å². The van der Waals surface area contributed by atoms with Gasteiger partial charge in [-0.15, -0.1) is 0 Å². The van der Waals surface area contributed by atoms with E-state index in [1.54, 1.807) is 38.4 Å². The van der Waals surface area contributed by atoms with Crippen LogP contribution in [0.15, 0.2) is 60.5 Å². The van der Waals surface area contributed by atoms with Crippen molar-refractivity contribution in [1.29, 1.82) is 0 Å². The molecule has 1 saturated heterocycles. The number of methoxy groups -OCH3 is 3. The molecule has 0 spiro atoms. The van der Waals surface area contributed by atoms with Crippen molar-refractivity contribution in [3.05, 3.63) is 66.1 Å². The molecule has 0 N–H and O–H groups in total. The molecule has 2 rings (SSSR count). The molecule has 7 heteroatoms. The van der Waals surface area contributed by atoms with Crippen LogP contribution in [0.1, 0.15) is 31.7 Å². The number of nitrogens with zero attached hydrogens (tertiary/aromatic N) is 2. The lowest BCUT2D eigenvalue weighted by Crippen LogP contribution is -2.32. The number of ether oxygens (including phenoxy) is 3. The minimum atomic E-state index is -0.496. The fraction of sp³-hybridized carbons (Fsp3) is 0.464. The van der Waals surface area contributed by atoms with Crippen molar-refractivity contribution in [3.63, 3.8) is 0 Å². The average molecular weight is 489 g/mol. The van der Waals surface area contributed by atoms with Crippen LogP contribution < -0.4 is 14.2 Å². The molecule has 0 aromatic heterocycles. The van der Waals surface area contributed by atoms with Crippen LogP contribution in [-0.4, -0.2) is 70.3 Å². The molecule has 1 aliphatic heterocycles. The van der Waals surface area contributed by atoms with Crippen molar-refractivity contribution in [1.82, 2.24) is 9.80 Å². The molecule has 1 aliphatic rings. The number of halogens is 1. The molecule has 1 heterocycles. The third-order valence-corrected chi connectivity index (χ3v) is 5.84. The van der Waals surface area contributed by atoms with E-state index in [0.717, 1.165) is 37.1 Å². The normalized spacial score (nSPS) is 16.1. The summed E-state index contributed by atoms with van der Waals surface area (Å²) < 4.78 is 28.8. The summed E-state index contributed by atoms with van der Waals surface area (Å²) in [5, 5.41) is 0. The summed E-state index contributed by atoms with van der Waals surface area (Å²) in [6, 6.07) is 4.37. The van der Waals surface area contributed by atoms with Gasteiger partial charge >= 0.3 is 0 Å². The van der Waals surface area contributed by atoms with Gasteiger partial charge in [0.2, 0.25) is 12.2 Å². The van der Waals surface area contributed by atoms with Gasteiger partial charge in [-0.25, -0.2) is 4.39 Å². The summed E-state index contributed by atoms with van der Waals surface area (Å²) in [6.45, 7) is 13.1. The molecule has 194 valence electrons. The molecule has 0 radical (unpaired) electrons. The van der Waals surface area contributed by atoms with Gasteiger partial charge in [0.05, 0.1) is 21.3 Å². The average Bonchev–Trinajstić information content (AvgIpc) is 3.25. The summed E-state index contributed by atoms with van der Waals surface area (Å²) in [6.07, 6.45) is 9.09. The van der Waals surface area contributed by atoms with Crippen molar-refractivity contribution in [2.24, 2.45) is 0 Å². The lowest BCUT2D eigenvalue weighted by molar-refractivity contribution is -0.118. The maximum Gasteiger partial charge on any atom is 0.209 e. The minimum absolute atomic E-state index is 0.397.